The third-order valence-corrected chi connectivity index (χ3v) is 6.36. The maximum absolute atomic E-state index is 11.5. The molecular formula is C30H35N3O2. The first-order chi connectivity index (χ1) is 17.0. The topological polar surface area (TPSA) is 57.0 Å². The van der Waals surface area contributed by atoms with E-state index in [0.29, 0.717) is 13.0 Å². The zero-order valence-electron chi connectivity index (χ0n) is 21.3. The number of nitrogens with zero attached hydrogens (tertiary/aromatic N) is 3. The summed E-state index contributed by atoms with van der Waals surface area (Å²) in [5.74, 6) is -0.0946. The summed E-state index contributed by atoms with van der Waals surface area (Å²) < 4.78 is 7.25. The molecular weight excluding hydrogens is 434 g/mol. The number of esters is 1. The van der Waals surface area contributed by atoms with Gasteiger partial charge in [-0.1, -0.05) is 72.5 Å². The largest absolute Gasteiger partial charge is 0.466 e. The van der Waals surface area contributed by atoms with Crippen LogP contribution < -0.4 is 0 Å². The summed E-state index contributed by atoms with van der Waals surface area (Å²) in [6.07, 6.45) is 6.68. The zero-order valence-corrected chi connectivity index (χ0v) is 21.3. The second-order valence-corrected chi connectivity index (χ2v) is 9.30. The third kappa shape index (κ3) is 5.97. The molecule has 2 aromatic heterocycles. The molecule has 5 nitrogen and oxygen atoms in total. The van der Waals surface area contributed by atoms with Gasteiger partial charge in [0.2, 0.25) is 0 Å². The normalized spacial score (nSPS) is 11.2. The number of carbonyl (C=O) groups excluding carboxylic acids is 1. The molecule has 0 fully saturated rings. The Morgan fingerprint density at radius 2 is 1.37 bits per heavy atom. The summed E-state index contributed by atoms with van der Waals surface area (Å²) in [4.78, 5) is 21.9. The Morgan fingerprint density at radius 1 is 0.800 bits per heavy atom. The molecule has 0 saturated heterocycles. The van der Waals surface area contributed by atoms with Crippen LogP contribution in [0.1, 0.15) is 55.7 Å². The highest BCUT2D eigenvalue weighted by molar-refractivity contribution is 5.86. The van der Waals surface area contributed by atoms with Crippen molar-refractivity contribution in [1.82, 2.24) is 14.5 Å². The monoisotopic (exact) mass is 469 g/mol. The van der Waals surface area contributed by atoms with Gasteiger partial charge in [-0.3, -0.25) is 4.79 Å². The fourth-order valence-electron chi connectivity index (χ4n) is 4.38. The van der Waals surface area contributed by atoms with Crippen LogP contribution >= 0.6 is 0 Å². The summed E-state index contributed by atoms with van der Waals surface area (Å²) in [6.45, 7) is 9.49. The first-order valence-corrected chi connectivity index (χ1v) is 12.6. The summed E-state index contributed by atoms with van der Waals surface area (Å²) in [7, 11) is 0. The van der Waals surface area contributed by atoms with Crippen LogP contribution in [0.3, 0.4) is 0 Å². The van der Waals surface area contributed by atoms with Gasteiger partial charge in [0.1, 0.15) is 5.52 Å². The van der Waals surface area contributed by atoms with Gasteiger partial charge in [-0.05, 0) is 46.1 Å². The first-order valence-electron chi connectivity index (χ1n) is 12.6. The Kier molecular flexibility index (Phi) is 7.96. The average Bonchev–Trinajstić information content (AvgIpc) is 3.16. The minimum atomic E-state index is -0.0946. The standard InChI is InChI=1S/C30H35N3O2/c1-5-35-26(34)10-8-6-7-9-19-33-20-23(4)27-30(33)32-29(25-17-13-22(3)14-18-25)28(31-27)24-15-11-21(2)12-16-24/h11-18,20H,5-10,19H2,1-4H3. The van der Waals surface area contributed by atoms with Crippen LogP contribution in [-0.4, -0.2) is 27.1 Å². The first kappa shape index (κ1) is 24.6. The van der Waals surface area contributed by atoms with Crippen LogP contribution in [0, 0.1) is 20.8 Å². The molecule has 4 rings (SSSR count). The van der Waals surface area contributed by atoms with Crippen molar-refractivity contribution in [2.45, 2.75) is 66.3 Å². The summed E-state index contributed by atoms with van der Waals surface area (Å²) in [5, 5.41) is 0. The molecule has 0 radical (unpaired) electrons. The number of hydrogen-bond donors (Lipinski definition) is 0. The average molecular weight is 470 g/mol. The minimum absolute atomic E-state index is 0.0946. The predicted octanol–water partition coefficient (Wildman–Crippen LogP) is 7.20. The lowest BCUT2D eigenvalue weighted by Gasteiger charge is -2.12. The van der Waals surface area contributed by atoms with E-state index >= 15 is 0 Å². The highest BCUT2D eigenvalue weighted by Gasteiger charge is 2.17. The fourth-order valence-corrected chi connectivity index (χ4v) is 4.38. The predicted molar refractivity (Wildman–Crippen MR) is 142 cm³/mol. The van der Waals surface area contributed by atoms with Crippen molar-refractivity contribution in [3.63, 3.8) is 0 Å². The van der Waals surface area contributed by atoms with E-state index in [1.807, 2.05) is 6.92 Å². The van der Waals surface area contributed by atoms with Crippen molar-refractivity contribution in [3.8, 4) is 22.5 Å². The van der Waals surface area contributed by atoms with E-state index in [1.54, 1.807) is 0 Å². The quantitative estimate of drug-likeness (QED) is 0.182. The van der Waals surface area contributed by atoms with E-state index in [9.17, 15) is 4.79 Å². The van der Waals surface area contributed by atoms with Gasteiger partial charge in [0.25, 0.3) is 0 Å². The molecule has 0 amide bonds. The third-order valence-electron chi connectivity index (χ3n) is 6.36. The molecule has 35 heavy (non-hydrogen) atoms. The molecule has 2 heterocycles. The van der Waals surface area contributed by atoms with Gasteiger partial charge in [-0.2, -0.15) is 0 Å². The lowest BCUT2D eigenvalue weighted by Crippen LogP contribution is -2.03. The minimum Gasteiger partial charge on any atom is -0.466 e. The second-order valence-electron chi connectivity index (χ2n) is 9.30. The molecule has 5 heteroatoms. The second kappa shape index (κ2) is 11.3. The summed E-state index contributed by atoms with van der Waals surface area (Å²) >= 11 is 0. The van der Waals surface area contributed by atoms with Gasteiger partial charge in [0, 0.05) is 30.3 Å². The number of fused-ring (bicyclic) bond motifs is 1. The van der Waals surface area contributed by atoms with E-state index in [2.05, 4.69) is 80.1 Å². The lowest BCUT2D eigenvalue weighted by atomic mass is 10.0. The number of benzene rings is 2. The Bertz CT molecular complexity index is 1290. The molecule has 0 saturated carbocycles. The van der Waals surface area contributed by atoms with Crippen molar-refractivity contribution < 1.29 is 9.53 Å². The number of hydrogen-bond acceptors (Lipinski definition) is 4. The van der Waals surface area contributed by atoms with Crippen molar-refractivity contribution in [2.75, 3.05) is 6.61 Å². The number of rotatable bonds is 10. The van der Waals surface area contributed by atoms with Gasteiger partial charge < -0.3 is 9.30 Å². The van der Waals surface area contributed by atoms with Gasteiger partial charge in [0.15, 0.2) is 5.65 Å². The van der Waals surface area contributed by atoms with Crippen LogP contribution in [0.5, 0.6) is 0 Å². The maximum Gasteiger partial charge on any atom is 0.305 e. The van der Waals surface area contributed by atoms with Crippen molar-refractivity contribution in [3.05, 3.63) is 71.4 Å². The molecule has 0 spiro atoms. The van der Waals surface area contributed by atoms with Gasteiger partial charge in [-0.15, -0.1) is 0 Å². The maximum atomic E-state index is 11.5. The Hall–Kier alpha value is -3.47. The number of ether oxygens (including phenoxy) is 1. The van der Waals surface area contributed by atoms with Crippen molar-refractivity contribution >= 4 is 17.1 Å². The van der Waals surface area contributed by atoms with E-state index in [0.717, 1.165) is 71.5 Å². The number of aromatic nitrogens is 3. The van der Waals surface area contributed by atoms with Gasteiger partial charge in [-0.25, -0.2) is 9.97 Å². The Morgan fingerprint density at radius 3 is 1.97 bits per heavy atom. The molecule has 2 aromatic carbocycles. The van der Waals surface area contributed by atoms with Crippen LogP contribution in [0.2, 0.25) is 0 Å². The van der Waals surface area contributed by atoms with Gasteiger partial charge >= 0.3 is 5.97 Å². The Labute approximate surface area is 208 Å². The van der Waals surface area contributed by atoms with Crippen LogP contribution in [-0.2, 0) is 16.1 Å². The molecule has 0 bridgehead atoms. The van der Waals surface area contributed by atoms with E-state index in [4.69, 9.17) is 14.7 Å². The number of aryl methyl sites for hydroxylation is 4. The molecule has 4 aromatic rings. The fraction of sp³-hybridized carbons (Fsp3) is 0.367. The van der Waals surface area contributed by atoms with Crippen molar-refractivity contribution in [2.24, 2.45) is 0 Å². The molecule has 0 N–H and O–H groups in total. The van der Waals surface area contributed by atoms with Crippen LogP contribution in [0.4, 0.5) is 0 Å². The van der Waals surface area contributed by atoms with E-state index < -0.39 is 0 Å². The molecule has 0 aliphatic carbocycles. The SMILES string of the molecule is CCOC(=O)CCCCCCn1cc(C)c2nc(-c3ccc(C)cc3)c(-c3ccc(C)cc3)nc21. The molecule has 0 aliphatic heterocycles. The molecule has 182 valence electrons. The van der Waals surface area contributed by atoms with Crippen molar-refractivity contribution in [1.29, 1.82) is 0 Å². The zero-order chi connectivity index (χ0) is 24.8. The summed E-state index contributed by atoms with van der Waals surface area (Å²) in [5.41, 5.74) is 9.46. The highest BCUT2D eigenvalue weighted by Crippen LogP contribution is 2.32. The number of unbranched alkanes of at least 4 members (excludes halogenated alkanes) is 3. The smallest absolute Gasteiger partial charge is 0.305 e. The lowest BCUT2D eigenvalue weighted by molar-refractivity contribution is -0.143. The van der Waals surface area contributed by atoms with E-state index in [1.165, 1.54) is 11.1 Å². The highest BCUT2D eigenvalue weighted by atomic mass is 16.5. The molecule has 0 atom stereocenters. The van der Waals surface area contributed by atoms with Crippen LogP contribution in [0.15, 0.2) is 54.7 Å². The Balaban J connectivity index is 1.60. The summed E-state index contributed by atoms with van der Waals surface area (Å²) in [6, 6.07) is 17.0. The number of carbonyl (C=O) groups is 1. The van der Waals surface area contributed by atoms with Crippen LogP contribution in [0.25, 0.3) is 33.7 Å². The van der Waals surface area contributed by atoms with Gasteiger partial charge in [0.05, 0.1) is 18.0 Å². The molecule has 0 aliphatic rings. The van der Waals surface area contributed by atoms with E-state index in [-0.39, 0.29) is 5.97 Å². The molecule has 0 unspecified atom stereocenters.